The van der Waals surface area contributed by atoms with Crippen LogP contribution in [0.5, 0.6) is 0 Å². The number of halogens is 2. The third kappa shape index (κ3) is 4.63. The van der Waals surface area contributed by atoms with Gasteiger partial charge in [0.15, 0.2) is 11.7 Å². The van der Waals surface area contributed by atoms with Crippen LogP contribution < -0.4 is 0 Å². The van der Waals surface area contributed by atoms with Gasteiger partial charge in [-0.3, -0.25) is 0 Å². The molecule has 0 unspecified atom stereocenters. The van der Waals surface area contributed by atoms with Gasteiger partial charge in [0.2, 0.25) is 0 Å². The third-order valence-electron chi connectivity index (χ3n) is 5.57. The van der Waals surface area contributed by atoms with Crippen LogP contribution in [0.4, 0.5) is 8.78 Å². The van der Waals surface area contributed by atoms with Crippen molar-refractivity contribution in [3.8, 4) is 11.8 Å². The molecule has 4 rings (SSSR count). The summed E-state index contributed by atoms with van der Waals surface area (Å²) in [7, 11) is 0. The van der Waals surface area contributed by atoms with Gasteiger partial charge in [0.25, 0.3) is 0 Å². The molecule has 2 heteroatoms. The first-order chi connectivity index (χ1) is 15.4. The molecule has 0 aromatic heterocycles. The van der Waals surface area contributed by atoms with Gasteiger partial charge >= 0.3 is 0 Å². The van der Waals surface area contributed by atoms with Crippen molar-refractivity contribution >= 4 is 22.4 Å². The molecule has 0 radical (unpaired) electrons. The molecule has 0 fully saturated rings. The van der Waals surface area contributed by atoms with Gasteiger partial charge in [-0.15, -0.1) is 0 Å². The zero-order valence-electron chi connectivity index (χ0n) is 18.5. The number of benzene rings is 4. The minimum absolute atomic E-state index is 0.224. The fourth-order valence-corrected chi connectivity index (χ4v) is 3.69. The summed E-state index contributed by atoms with van der Waals surface area (Å²) in [5, 5.41) is 1.77. The summed E-state index contributed by atoms with van der Waals surface area (Å²) in [6, 6.07) is 23.9. The highest BCUT2D eigenvalue weighted by atomic mass is 19.2. The number of aryl methyl sites for hydroxylation is 3. The Kier molecular flexibility index (Phi) is 6.19. The Morgan fingerprint density at radius 3 is 2.03 bits per heavy atom. The van der Waals surface area contributed by atoms with Gasteiger partial charge in [0.05, 0.1) is 0 Å². The van der Waals surface area contributed by atoms with Crippen molar-refractivity contribution in [2.45, 2.75) is 27.2 Å². The van der Waals surface area contributed by atoms with Gasteiger partial charge in [-0.2, -0.15) is 0 Å². The van der Waals surface area contributed by atoms with Crippen molar-refractivity contribution in [2.75, 3.05) is 0 Å². The second kappa shape index (κ2) is 9.20. The molecule has 0 spiro atoms. The lowest BCUT2D eigenvalue weighted by atomic mass is 10.0. The highest BCUT2D eigenvalue weighted by molar-refractivity contribution is 5.90. The Morgan fingerprint density at radius 2 is 1.28 bits per heavy atom. The van der Waals surface area contributed by atoms with E-state index >= 15 is 0 Å². The van der Waals surface area contributed by atoms with Crippen molar-refractivity contribution in [1.82, 2.24) is 0 Å². The van der Waals surface area contributed by atoms with E-state index in [0.29, 0.717) is 0 Å². The topological polar surface area (TPSA) is 0 Å². The number of fused-ring (bicyclic) bond motifs is 1. The molecule has 4 aromatic carbocycles. The summed E-state index contributed by atoms with van der Waals surface area (Å²) in [6.07, 6.45) is 0.935. The minimum Gasteiger partial charge on any atom is -0.203 e. The van der Waals surface area contributed by atoms with E-state index in [-0.39, 0.29) is 11.1 Å². The SMILES string of the molecule is CCc1cc(C)ccc1C#Cc1ccc2cc(/C(F)=C(\F)c3ccc(C)cc3)ccc2c1. The summed E-state index contributed by atoms with van der Waals surface area (Å²) in [5.74, 6) is 4.80. The Balaban J connectivity index is 1.65. The van der Waals surface area contributed by atoms with Crippen LogP contribution in [-0.2, 0) is 6.42 Å². The fourth-order valence-electron chi connectivity index (χ4n) is 3.69. The van der Waals surface area contributed by atoms with E-state index in [2.05, 4.69) is 43.9 Å². The molecule has 0 saturated carbocycles. The quantitative estimate of drug-likeness (QED) is 0.231. The van der Waals surface area contributed by atoms with E-state index in [1.165, 1.54) is 11.1 Å². The molecule has 0 saturated heterocycles. The van der Waals surface area contributed by atoms with Crippen LogP contribution in [0.1, 0.15) is 45.9 Å². The molecule has 158 valence electrons. The van der Waals surface area contributed by atoms with Gasteiger partial charge in [0.1, 0.15) is 0 Å². The largest absolute Gasteiger partial charge is 0.203 e. The second-order valence-electron chi connectivity index (χ2n) is 8.03. The molecule has 0 atom stereocenters. The zero-order valence-corrected chi connectivity index (χ0v) is 18.5. The second-order valence-corrected chi connectivity index (χ2v) is 8.03. The molecule has 0 heterocycles. The Labute approximate surface area is 188 Å². The molecular formula is C30H24F2. The summed E-state index contributed by atoms with van der Waals surface area (Å²) in [5.41, 5.74) is 5.85. The molecule has 4 aromatic rings. The molecule has 0 nitrogen and oxygen atoms in total. The van der Waals surface area contributed by atoms with E-state index in [9.17, 15) is 8.78 Å². The number of rotatable bonds is 3. The van der Waals surface area contributed by atoms with E-state index in [4.69, 9.17) is 0 Å². The van der Waals surface area contributed by atoms with E-state index in [1.54, 1.807) is 42.5 Å². The van der Waals surface area contributed by atoms with Crippen LogP contribution in [0.25, 0.3) is 22.4 Å². The maximum Gasteiger partial charge on any atom is 0.166 e. The number of hydrogen-bond acceptors (Lipinski definition) is 0. The highest BCUT2D eigenvalue weighted by Gasteiger charge is 2.12. The van der Waals surface area contributed by atoms with E-state index in [1.807, 2.05) is 25.1 Å². The molecule has 0 bridgehead atoms. The van der Waals surface area contributed by atoms with Crippen LogP contribution in [0.2, 0.25) is 0 Å². The Bertz CT molecular complexity index is 1380. The molecule has 0 amide bonds. The monoisotopic (exact) mass is 422 g/mol. The predicted molar refractivity (Wildman–Crippen MR) is 131 cm³/mol. The molecule has 0 aliphatic rings. The van der Waals surface area contributed by atoms with Gasteiger partial charge < -0.3 is 0 Å². The summed E-state index contributed by atoms with van der Waals surface area (Å²) in [4.78, 5) is 0. The van der Waals surface area contributed by atoms with Crippen molar-refractivity contribution in [2.24, 2.45) is 0 Å². The van der Waals surface area contributed by atoms with E-state index in [0.717, 1.165) is 33.9 Å². The standard InChI is InChI=1S/C30H24F2/c1-4-23-17-21(3)7-10-24(23)13-8-22-9-14-27-19-28(16-15-26(27)18-22)30(32)29(31)25-11-5-20(2)6-12-25/h5-7,9-12,14-19H,4H2,1-3H3/b30-29+. The highest BCUT2D eigenvalue weighted by Crippen LogP contribution is 2.31. The van der Waals surface area contributed by atoms with Crippen molar-refractivity contribution in [3.05, 3.63) is 118 Å². The lowest BCUT2D eigenvalue weighted by Crippen LogP contribution is -1.89. The smallest absolute Gasteiger partial charge is 0.166 e. The van der Waals surface area contributed by atoms with Gasteiger partial charge in [-0.1, -0.05) is 84.5 Å². The number of hydrogen-bond donors (Lipinski definition) is 0. The van der Waals surface area contributed by atoms with Gasteiger partial charge in [0, 0.05) is 22.3 Å². The average molecular weight is 423 g/mol. The van der Waals surface area contributed by atoms with Crippen LogP contribution in [0.3, 0.4) is 0 Å². The summed E-state index contributed by atoms with van der Waals surface area (Å²) >= 11 is 0. The molecule has 0 aliphatic carbocycles. The molecule has 0 aliphatic heterocycles. The first-order valence-electron chi connectivity index (χ1n) is 10.7. The summed E-state index contributed by atoms with van der Waals surface area (Å²) < 4.78 is 29.5. The van der Waals surface area contributed by atoms with E-state index < -0.39 is 11.7 Å². The molecule has 32 heavy (non-hydrogen) atoms. The van der Waals surface area contributed by atoms with Crippen LogP contribution >= 0.6 is 0 Å². The minimum atomic E-state index is -0.855. The predicted octanol–water partition coefficient (Wildman–Crippen LogP) is 8.18. The van der Waals surface area contributed by atoms with Crippen molar-refractivity contribution < 1.29 is 8.78 Å². The lowest BCUT2D eigenvalue weighted by molar-refractivity contribution is 0.700. The summed E-state index contributed by atoms with van der Waals surface area (Å²) in [6.45, 7) is 6.12. The Morgan fingerprint density at radius 1 is 0.656 bits per heavy atom. The fraction of sp³-hybridized carbons (Fsp3) is 0.133. The molecule has 0 N–H and O–H groups in total. The maximum absolute atomic E-state index is 14.8. The zero-order chi connectivity index (χ0) is 22.7. The normalized spacial score (nSPS) is 11.7. The van der Waals surface area contributed by atoms with Crippen LogP contribution in [0, 0.1) is 25.7 Å². The third-order valence-corrected chi connectivity index (χ3v) is 5.57. The average Bonchev–Trinajstić information content (AvgIpc) is 2.82. The van der Waals surface area contributed by atoms with Gasteiger partial charge in [-0.05, 0) is 60.9 Å². The van der Waals surface area contributed by atoms with Gasteiger partial charge in [-0.25, -0.2) is 8.78 Å². The molecular weight excluding hydrogens is 398 g/mol. The maximum atomic E-state index is 14.8. The lowest BCUT2D eigenvalue weighted by Gasteiger charge is -2.05. The van der Waals surface area contributed by atoms with Crippen molar-refractivity contribution in [3.63, 3.8) is 0 Å². The first kappa shape index (κ1) is 21.5. The Hall–Kier alpha value is -3.70. The van der Waals surface area contributed by atoms with Crippen molar-refractivity contribution in [1.29, 1.82) is 0 Å². The van der Waals surface area contributed by atoms with Crippen LogP contribution in [0.15, 0.2) is 78.9 Å². The first-order valence-corrected chi connectivity index (χ1v) is 10.7. The van der Waals surface area contributed by atoms with Crippen LogP contribution in [-0.4, -0.2) is 0 Å².